The van der Waals surface area contributed by atoms with Gasteiger partial charge < -0.3 is 24.3 Å². The fourth-order valence-electron chi connectivity index (χ4n) is 5.35. The Morgan fingerprint density at radius 2 is 2.05 bits per heavy atom. The second-order valence-electron chi connectivity index (χ2n) is 10.3. The molecule has 2 bridgehead atoms. The standard InChI is InChI=1S/C29H38N6O4S/c1-38-25-7-5-22-17-26(25)39-16-4-12-35(29(37)23-6-8-27(36)32-18-23)11-3-2-10-33(20-24-19-30-21-40-24)14-15-34-13-9-31-28(22)34/h5,7,9,13,17,19,21,23H,2-4,6,8,10-12,14-16,18,20H2,1H3,(H,32,36). The zero-order chi connectivity index (χ0) is 27.7. The number of piperidine rings is 1. The number of rotatable bonds is 4. The van der Waals surface area contributed by atoms with Crippen molar-refractivity contribution in [2.45, 2.75) is 45.2 Å². The predicted octanol–water partition coefficient (Wildman–Crippen LogP) is 3.43. The summed E-state index contributed by atoms with van der Waals surface area (Å²) >= 11 is 1.68. The first kappa shape index (κ1) is 28.1. The molecule has 40 heavy (non-hydrogen) atoms. The molecule has 0 aliphatic carbocycles. The summed E-state index contributed by atoms with van der Waals surface area (Å²) in [6.07, 6.45) is 9.42. The quantitative estimate of drug-likeness (QED) is 0.516. The molecule has 1 unspecified atom stereocenters. The van der Waals surface area contributed by atoms with Crippen molar-refractivity contribution < 1.29 is 19.1 Å². The van der Waals surface area contributed by atoms with Gasteiger partial charge in [-0.15, -0.1) is 11.3 Å². The Morgan fingerprint density at radius 3 is 2.85 bits per heavy atom. The molecule has 11 heteroatoms. The maximum atomic E-state index is 13.4. The fraction of sp³-hybridized carbons (Fsp3) is 0.517. The van der Waals surface area contributed by atoms with Crippen LogP contribution in [0.1, 0.15) is 37.0 Å². The largest absolute Gasteiger partial charge is 0.493 e. The molecule has 1 fully saturated rings. The first-order valence-electron chi connectivity index (χ1n) is 14.1. The second-order valence-corrected chi connectivity index (χ2v) is 11.3. The number of methoxy groups -OCH3 is 1. The average molecular weight is 567 g/mol. The van der Waals surface area contributed by atoms with E-state index >= 15 is 0 Å². The van der Waals surface area contributed by atoms with Crippen molar-refractivity contribution in [2.24, 2.45) is 5.92 Å². The zero-order valence-corrected chi connectivity index (χ0v) is 23.9. The van der Waals surface area contributed by atoms with E-state index in [-0.39, 0.29) is 17.7 Å². The maximum Gasteiger partial charge on any atom is 0.227 e. The lowest BCUT2D eigenvalue weighted by molar-refractivity contribution is -0.137. The fourth-order valence-corrected chi connectivity index (χ4v) is 5.98. The van der Waals surface area contributed by atoms with Gasteiger partial charge in [0, 0.05) is 74.7 Å². The molecule has 1 aromatic carbocycles. The van der Waals surface area contributed by atoms with E-state index in [1.807, 2.05) is 47.2 Å². The molecule has 1 saturated heterocycles. The predicted molar refractivity (Wildman–Crippen MR) is 153 cm³/mol. The highest BCUT2D eigenvalue weighted by molar-refractivity contribution is 7.09. The Bertz CT molecular complexity index is 1250. The first-order valence-corrected chi connectivity index (χ1v) is 15.0. The van der Waals surface area contributed by atoms with Gasteiger partial charge in [0.1, 0.15) is 5.82 Å². The summed E-state index contributed by atoms with van der Waals surface area (Å²) in [6, 6.07) is 5.91. The van der Waals surface area contributed by atoms with Crippen LogP contribution in [0.3, 0.4) is 0 Å². The van der Waals surface area contributed by atoms with Crippen LogP contribution in [0.4, 0.5) is 0 Å². The van der Waals surface area contributed by atoms with E-state index in [1.54, 1.807) is 18.4 Å². The van der Waals surface area contributed by atoms with Crippen LogP contribution in [0.2, 0.25) is 0 Å². The molecule has 0 spiro atoms. The van der Waals surface area contributed by atoms with Gasteiger partial charge >= 0.3 is 0 Å². The summed E-state index contributed by atoms with van der Waals surface area (Å²) in [4.78, 5) is 39.7. The number of fused-ring (bicyclic) bond motifs is 4. The van der Waals surface area contributed by atoms with Gasteiger partial charge in [-0.05, 0) is 50.4 Å². The summed E-state index contributed by atoms with van der Waals surface area (Å²) in [5.41, 5.74) is 2.85. The van der Waals surface area contributed by atoms with E-state index in [9.17, 15) is 9.59 Å². The minimum Gasteiger partial charge on any atom is -0.493 e. The minimum absolute atomic E-state index is 0.0282. The number of hydrogen-bond donors (Lipinski definition) is 1. The number of aromatic nitrogens is 3. The van der Waals surface area contributed by atoms with Gasteiger partial charge in [-0.2, -0.15) is 0 Å². The van der Waals surface area contributed by atoms with E-state index in [4.69, 9.17) is 9.47 Å². The van der Waals surface area contributed by atoms with Crippen LogP contribution in [-0.4, -0.2) is 82.6 Å². The number of hydrogen-bond acceptors (Lipinski definition) is 8. The van der Waals surface area contributed by atoms with Crippen LogP contribution in [0.5, 0.6) is 11.5 Å². The second kappa shape index (κ2) is 13.8. The summed E-state index contributed by atoms with van der Waals surface area (Å²) < 4.78 is 13.9. The molecule has 2 aliphatic rings. The number of carbonyl (C=O) groups excluding carboxylic acids is 2. The lowest BCUT2D eigenvalue weighted by atomic mass is 9.97. The monoisotopic (exact) mass is 566 g/mol. The van der Waals surface area contributed by atoms with E-state index in [2.05, 4.69) is 24.8 Å². The molecule has 5 rings (SSSR count). The lowest BCUT2D eigenvalue weighted by Gasteiger charge is -2.30. The number of carbonyl (C=O) groups is 2. The molecular weight excluding hydrogens is 528 g/mol. The highest BCUT2D eigenvalue weighted by atomic mass is 32.1. The van der Waals surface area contributed by atoms with Crippen molar-refractivity contribution in [1.82, 2.24) is 29.7 Å². The third-order valence-corrected chi connectivity index (χ3v) is 8.33. The van der Waals surface area contributed by atoms with Crippen molar-refractivity contribution in [3.05, 3.63) is 47.2 Å². The van der Waals surface area contributed by atoms with Gasteiger partial charge in [-0.1, -0.05) is 0 Å². The topological polar surface area (TPSA) is 102 Å². The molecular formula is C29H38N6O4S. The number of ether oxygens (including phenoxy) is 2. The first-order chi connectivity index (χ1) is 19.6. The maximum absolute atomic E-state index is 13.4. The molecule has 214 valence electrons. The molecule has 1 atom stereocenters. The molecule has 2 aromatic heterocycles. The Balaban J connectivity index is 1.35. The third kappa shape index (κ3) is 7.19. The Morgan fingerprint density at radius 1 is 1.18 bits per heavy atom. The van der Waals surface area contributed by atoms with E-state index in [1.165, 1.54) is 4.88 Å². The number of imidazole rings is 1. The Kier molecular flexibility index (Phi) is 9.67. The van der Waals surface area contributed by atoms with Gasteiger partial charge in [0.25, 0.3) is 0 Å². The number of nitrogens with one attached hydrogen (secondary N) is 1. The summed E-state index contributed by atoms with van der Waals surface area (Å²) in [7, 11) is 1.64. The molecule has 0 saturated carbocycles. The van der Waals surface area contributed by atoms with E-state index < -0.39 is 0 Å². The Labute approximate surface area is 239 Å². The van der Waals surface area contributed by atoms with Gasteiger partial charge in [-0.3, -0.25) is 19.5 Å². The van der Waals surface area contributed by atoms with Crippen molar-refractivity contribution in [3.63, 3.8) is 0 Å². The smallest absolute Gasteiger partial charge is 0.227 e. The molecule has 2 amide bonds. The average Bonchev–Trinajstić information content (AvgIpc) is 3.66. The molecule has 10 nitrogen and oxygen atoms in total. The van der Waals surface area contributed by atoms with Gasteiger partial charge in [0.15, 0.2) is 11.5 Å². The number of benzene rings is 1. The molecule has 2 aliphatic heterocycles. The lowest BCUT2D eigenvalue weighted by Crippen LogP contribution is -2.45. The van der Waals surface area contributed by atoms with Crippen LogP contribution >= 0.6 is 11.3 Å². The van der Waals surface area contributed by atoms with Gasteiger partial charge in [0.2, 0.25) is 11.8 Å². The zero-order valence-electron chi connectivity index (χ0n) is 23.1. The van der Waals surface area contributed by atoms with E-state index in [0.717, 1.165) is 50.4 Å². The van der Waals surface area contributed by atoms with Crippen molar-refractivity contribution in [2.75, 3.05) is 46.4 Å². The van der Waals surface area contributed by atoms with Crippen molar-refractivity contribution in [1.29, 1.82) is 0 Å². The highest BCUT2D eigenvalue weighted by Crippen LogP contribution is 2.32. The summed E-state index contributed by atoms with van der Waals surface area (Å²) in [6.45, 7) is 5.63. The van der Waals surface area contributed by atoms with Crippen LogP contribution < -0.4 is 14.8 Å². The molecule has 0 radical (unpaired) electrons. The number of nitrogens with zero attached hydrogens (tertiary/aromatic N) is 5. The van der Waals surface area contributed by atoms with Crippen LogP contribution in [0, 0.1) is 5.92 Å². The molecule has 3 aromatic rings. The molecule has 4 heterocycles. The van der Waals surface area contributed by atoms with Crippen LogP contribution in [0.25, 0.3) is 11.4 Å². The SMILES string of the molecule is COc1ccc2cc1OCCCN(C(=O)C1CCC(=O)NC1)CCCCN(Cc1cncs1)CCn1ccnc1-2. The van der Waals surface area contributed by atoms with E-state index in [0.29, 0.717) is 57.0 Å². The van der Waals surface area contributed by atoms with Crippen LogP contribution in [-0.2, 0) is 22.7 Å². The van der Waals surface area contributed by atoms with Gasteiger partial charge in [0.05, 0.1) is 25.1 Å². The van der Waals surface area contributed by atoms with Gasteiger partial charge in [-0.25, -0.2) is 4.98 Å². The van der Waals surface area contributed by atoms with Crippen LogP contribution in [0.15, 0.2) is 42.3 Å². The number of thiazole rings is 1. The highest BCUT2D eigenvalue weighted by Gasteiger charge is 2.28. The third-order valence-electron chi connectivity index (χ3n) is 7.57. The number of amides is 2. The normalized spacial score (nSPS) is 19.7. The minimum atomic E-state index is -0.158. The summed E-state index contributed by atoms with van der Waals surface area (Å²) in [5, 5.41) is 2.86. The molecule has 1 N–H and O–H groups in total. The van der Waals surface area contributed by atoms with Crippen molar-refractivity contribution in [3.8, 4) is 22.9 Å². The Hall–Kier alpha value is -3.44. The summed E-state index contributed by atoms with van der Waals surface area (Å²) in [5.74, 6) is 2.23. The van der Waals surface area contributed by atoms with Crippen molar-refractivity contribution >= 4 is 23.2 Å².